The van der Waals surface area contributed by atoms with E-state index in [-0.39, 0.29) is 23.4 Å². The molecule has 1 aliphatic rings. The van der Waals surface area contributed by atoms with Gasteiger partial charge in [0.1, 0.15) is 23.1 Å². The molecule has 1 saturated heterocycles. The van der Waals surface area contributed by atoms with Crippen LogP contribution in [0.3, 0.4) is 0 Å². The molecule has 164 valence electrons. The third kappa shape index (κ3) is 4.39. The summed E-state index contributed by atoms with van der Waals surface area (Å²) in [5, 5.41) is 11.1. The number of carbonyl (C=O) groups excluding carboxylic acids is 2. The van der Waals surface area contributed by atoms with E-state index in [1.807, 2.05) is 19.0 Å². The van der Waals surface area contributed by atoms with E-state index in [2.05, 4.69) is 0 Å². The minimum absolute atomic E-state index is 0.000931. The van der Waals surface area contributed by atoms with Crippen LogP contribution in [-0.4, -0.2) is 68.0 Å². The number of halogens is 1. The van der Waals surface area contributed by atoms with Crippen LogP contribution in [0, 0.1) is 5.82 Å². The molecular formula is C23H25FN2O5. The number of carbonyl (C=O) groups is 2. The first-order valence-electron chi connectivity index (χ1n) is 9.69. The van der Waals surface area contributed by atoms with Gasteiger partial charge in [0.15, 0.2) is 0 Å². The highest BCUT2D eigenvalue weighted by atomic mass is 19.1. The fourth-order valence-electron chi connectivity index (χ4n) is 3.59. The molecule has 0 saturated carbocycles. The Morgan fingerprint density at radius 3 is 2.52 bits per heavy atom. The van der Waals surface area contributed by atoms with Crippen molar-refractivity contribution in [1.82, 2.24) is 9.80 Å². The van der Waals surface area contributed by atoms with Crippen molar-refractivity contribution in [2.75, 3.05) is 41.4 Å². The number of Topliss-reactive ketones (excluding diaryl/α,β-unsaturated/α-hetero) is 1. The molecule has 7 nitrogen and oxygen atoms in total. The van der Waals surface area contributed by atoms with Gasteiger partial charge in [0.2, 0.25) is 0 Å². The number of likely N-dealkylation sites (tertiary alicyclic amines) is 1. The molecule has 1 aliphatic heterocycles. The molecule has 31 heavy (non-hydrogen) atoms. The maximum Gasteiger partial charge on any atom is 0.295 e. The zero-order chi connectivity index (χ0) is 22.7. The average molecular weight is 428 g/mol. The van der Waals surface area contributed by atoms with Crippen LogP contribution >= 0.6 is 0 Å². The summed E-state index contributed by atoms with van der Waals surface area (Å²) in [7, 11) is 6.60. The molecule has 3 rings (SSSR count). The molecule has 1 N–H and O–H groups in total. The van der Waals surface area contributed by atoms with Gasteiger partial charge >= 0.3 is 0 Å². The van der Waals surface area contributed by atoms with Crippen LogP contribution < -0.4 is 9.47 Å². The largest absolute Gasteiger partial charge is 0.507 e. The molecule has 0 bridgehead atoms. The molecule has 1 fully saturated rings. The number of likely N-dealkylation sites (N-methyl/N-ethyl adjacent to an activating group) is 1. The number of aliphatic hydroxyl groups excluding tert-OH is 1. The van der Waals surface area contributed by atoms with E-state index < -0.39 is 29.3 Å². The summed E-state index contributed by atoms with van der Waals surface area (Å²) in [6.07, 6.45) is 0. The van der Waals surface area contributed by atoms with Gasteiger partial charge in [0.05, 0.1) is 31.4 Å². The Bertz CT molecular complexity index is 1030. The van der Waals surface area contributed by atoms with Crippen LogP contribution in [0.4, 0.5) is 4.39 Å². The molecule has 1 atom stereocenters. The van der Waals surface area contributed by atoms with Gasteiger partial charge in [0, 0.05) is 13.1 Å². The van der Waals surface area contributed by atoms with Crippen LogP contribution in [0.5, 0.6) is 11.5 Å². The first-order chi connectivity index (χ1) is 14.8. The van der Waals surface area contributed by atoms with Gasteiger partial charge in [-0.3, -0.25) is 9.59 Å². The summed E-state index contributed by atoms with van der Waals surface area (Å²) in [6, 6.07) is 9.69. The molecule has 0 unspecified atom stereocenters. The van der Waals surface area contributed by atoms with Gasteiger partial charge in [0.25, 0.3) is 11.7 Å². The molecule has 8 heteroatoms. The second-order valence-corrected chi connectivity index (χ2v) is 7.42. The summed E-state index contributed by atoms with van der Waals surface area (Å²) < 4.78 is 24.5. The Morgan fingerprint density at radius 1 is 1.13 bits per heavy atom. The van der Waals surface area contributed by atoms with E-state index >= 15 is 0 Å². The van der Waals surface area contributed by atoms with Gasteiger partial charge in [-0.1, -0.05) is 12.1 Å². The van der Waals surface area contributed by atoms with Crippen molar-refractivity contribution in [3.8, 4) is 11.5 Å². The van der Waals surface area contributed by atoms with Crippen LogP contribution in [0.1, 0.15) is 17.2 Å². The van der Waals surface area contributed by atoms with E-state index in [0.717, 1.165) is 6.07 Å². The fourth-order valence-corrected chi connectivity index (χ4v) is 3.59. The lowest BCUT2D eigenvalue weighted by atomic mass is 9.94. The highest BCUT2D eigenvalue weighted by molar-refractivity contribution is 6.46. The third-order valence-electron chi connectivity index (χ3n) is 5.15. The second-order valence-electron chi connectivity index (χ2n) is 7.42. The maximum atomic E-state index is 13.9. The van der Waals surface area contributed by atoms with Crippen LogP contribution in [0.25, 0.3) is 5.76 Å². The van der Waals surface area contributed by atoms with E-state index in [1.165, 1.54) is 31.3 Å². The Hall–Kier alpha value is -3.39. The highest BCUT2D eigenvalue weighted by Crippen LogP contribution is 2.41. The number of hydrogen-bond donors (Lipinski definition) is 1. The minimum Gasteiger partial charge on any atom is -0.507 e. The van der Waals surface area contributed by atoms with Crippen LogP contribution in [0.15, 0.2) is 48.0 Å². The first kappa shape index (κ1) is 22.3. The predicted molar refractivity (Wildman–Crippen MR) is 114 cm³/mol. The monoisotopic (exact) mass is 428 g/mol. The van der Waals surface area contributed by atoms with E-state index in [9.17, 15) is 19.1 Å². The number of methoxy groups -OCH3 is 2. The Morgan fingerprint density at radius 2 is 1.87 bits per heavy atom. The number of rotatable bonds is 7. The summed E-state index contributed by atoms with van der Waals surface area (Å²) >= 11 is 0. The van der Waals surface area contributed by atoms with Crippen molar-refractivity contribution in [1.29, 1.82) is 0 Å². The van der Waals surface area contributed by atoms with Crippen molar-refractivity contribution in [2.45, 2.75) is 6.04 Å². The molecule has 2 aromatic rings. The Balaban J connectivity index is 2.22. The number of amides is 1. The molecular weight excluding hydrogens is 403 g/mol. The quantitative estimate of drug-likeness (QED) is 0.415. The second kappa shape index (κ2) is 9.18. The Kier molecular flexibility index (Phi) is 6.60. The zero-order valence-corrected chi connectivity index (χ0v) is 17.9. The molecule has 0 aromatic heterocycles. The van der Waals surface area contributed by atoms with Gasteiger partial charge < -0.3 is 24.4 Å². The number of ether oxygens (including phenoxy) is 2. The van der Waals surface area contributed by atoms with E-state index in [0.29, 0.717) is 17.9 Å². The topological polar surface area (TPSA) is 79.3 Å². The van der Waals surface area contributed by atoms with Gasteiger partial charge in [-0.2, -0.15) is 0 Å². The molecule has 0 aliphatic carbocycles. The summed E-state index contributed by atoms with van der Waals surface area (Å²) in [6.45, 7) is 0.771. The SMILES string of the molecule is COc1cccc([C@@H]2C(=C(O)c3cc(F)ccc3OC)C(=O)C(=O)N2CCN(C)C)c1. The number of ketones is 1. The Labute approximate surface area is 180 Å². The lowest BCUT2D eigenvalue weighted by Gasteiger charge is -2.27. The van der Waals surface area contributed by atoms with Crippen LogP contribution in [-0.2, 0) is 9.59 Å². The smallest absolute Gasteiger partial charge is 0.295 e. The number of nitrogens with zero attached hydrogens (tertiary/aromatic N) is 2. The lowest BCUT2D eigenvalue weighted by molar-refractivity contribution is -0.140. The lowest BCUT2D eigenvalue weighted by Crippen LogP contribution is -2.35. The third-order valence-corrected chi connectivity index (χ3v) is 5.15. The normalized spacial score (nSPS) is 18.0. The molecule has 2 aromatic carbocycles. The number of benzene rings is 2. The molecule has 0 radical (unpaired) electrons. The molecule has 1 heterocycles. The first-order valence-corrected chi connectivity index (χ1v) is 9.69. The highest BCUT2D eigenvalue weighted by Gasteiger charge is 2.46. The maximum absolute atomic E-state index is 13.9. The average Bonchev–Trinajstić information content (AvgIpc) is 3.01. The standard InChI is InChI=1S/C23H25FN2O5/c1-25(2)10-11-26-20(14-6-5-7-16(12-14)30-3)19(22(28)23(26)29)21(27)17-13-15(24)8-9-18(17)31-4/h5-9,12-13,20,27H,10-11H2,1-4H3/t20-/m1/s1. The fraction of sp³-hybridized carbons (Fsp3) is 0.304. The molecule has 0 spiro atoms. The van der Waals surface area contributed by atoms with Gasteiger partial charge in [-0.25, -0.2) is 4.39 Å². The van der Waals surface area contributed by atoms with Crippen molar-refractivity contribution < 1.29 is 28.6 Å². The van der Waals surface area contributed by atoms with Crippen LogP contribution in [0.2, 0.25) is 0 Å². The number of aliphatic hydroxyl groups is 1. The van der Waals surface area contributed by atoms with Crippen molar-refractivity contribution >= 4 is 17.4 Å². The van der Waals surface area contributed by atoms with Crippen molar-refractivity contribution in [3.63, 3.8) is 0 Å². The zero-order valence-electron chi connectivity index (χ0n) is 17.9. The minimum atomic E-state index is -0.858. The predicted octanol–water partition coefficient (Wildman–Crippen LogP) is 2.83. The van der Waals surface area contributed by atoms with Crippen molar-refractivity contribution in [3.05, 3.63) is 65.0 Å². The summed E-state index contributed by atoms with van der Waals surface area (Å²) in [5.41, 5.74) is 0.469. The van der Waals surface area contributed by atoms with E-state index in [1.54, 1.807) is 24.3 Å². The van der Waals surface area contributed by atoms with Gasteiger partial charge in [-0.15, -0.1) is 0 Å². The molecule has 1 amide bonds. The van der Waals surface area contributed by atoms with Crippen molar-refractivity contribution in [2.24, 2.45) is 0 Å². The number of hydrogen-bond acceptors (Lipinski definition) is 6. The summed E-state index contributed by atoms with van der Waals surface area (Å²) in [5.74, 6) is -1.94. The van der Waals surface area contributed by atoms with Gasteiger partial charge in [-0.05, 0) is 50.0 Å². The summed E-state index contributed by atoms with van der Waals surface area (Å²) in [4.78, 5) is 29.2. The van der Waals surface area contributed by atoms with E-state index in [4.69, 9.17) is 9.47 Å².